The molecule has 86 valence electrons. The van der Waals surface area contributed by atoms with E-state index in [1.165, 1.54) is 0 Å². The Morgan fingerprint density at radius 1 is 1.44 bits per heavy atom. The van der Waals surface area contributed by atoms with Crippen molar-refractivity contribution in [2.45, 2.75) is 12.8 Å². The summed E-state index contributed by atoms with van der Waals surface area (Å²) in [6.45, 7) is 0.568. The Kier molecular flexibility index (Phi) is 3.66. The fourth-order valence-corrected chi connectivity index (χ4v) is 1.93. The van der Waals surface area contributed by atoms with Crippen molar-refractivity contribution in [1.82, 2.24) is 14.8 Å². The van der Waals surface area contributed by atoms with Gasteiger partial charge < -0.3 is 9.47 Å². The number of methoxy groups -OCH3 is 2. The van der Waals surface area contributed by atoms with Crippen molar-refractivity contribution < 1.29 is 9.47 Å². The third-order valence-corrected chi connectivity index (χ3v) is 2.95. The second kappa shape index (κ2) is 5.20. The van der Waals surface area contributed by atoms with E-state index in [-0.39, 0.29) is 6.29 Å². The molecule has 0 spiro atoms. The highest BCUT2D eigenvalue weighted by molar-refractivity contribution is 7.13. The third-order valence-electron chi connectivity index (χ3n) is 2.15. The van der Waals surface area contributed by atoms with Gasteiger partial charge in [0.25, 0.3) is 0 Å². The van der Waals surface area contributed by atoms with Gasteiger partial charge in [-0.2, -0.15) is 5.10 Å². The molecule has 2 rings (SSSR count). The Balaban J connectivity index is 2.08. The molecule has 2 heterocycles. The number of ether oxygens (including phenoxy) is 2. The molecule has 0 saturated carbocycles. The van der Waals surface area contributed by atoms with Crippen LogP contribution in [0.2, 0.25) is 0 Å². The van der Waals surface area contributed by atoms with Gasteiger partial charge in [0.05, 0.1) is 6.54 Å². The Hall–Kier alpha value is -1.24. The first-order chi connectivity index (χ1) is 7.83. The van der Waals surface area contributed by atoms with Gasteiger partial charge in [-0.3, -0.25) is 4.68 Å². The van der Waals surface area contributed by atoms with E-state index in [4.69, 9.17) is 9.47 Å². The molecule has 0 atom stereocenters. The highest BCUT2D eigenvalue weighted by atomic mass is 32.1. The first-order valence-corrected chi connectivity index (χ1v) is 5.70. The highest BCUT2D eigenvalue weighted by Crippen LogP contribution is 2.19. The quantitative estimate of drug-likeness (QED) is 0.744. The highest BCUT2D eigenvalue weighted by Gasteiger charge is 2.09. The molecule has 0 aliphatic rings. The normalized spacial score (nSPS) is 11.2. The molecule has 5 nitrogen and oxygen atoms in total. The largest absolute Gasteiger partial charge is 0.354 e. The summed E-state index contributed by atoms with van der Waals surface area (Å²) in [5, 5.41) is 7.25. The lowest BCUT2D eigenvalue weighted by molar-refractivity contribution is -0.112. The summed E-state index contributed by atoms with van der Waals surface area (Å²) in [6.07, 6.45) is 3.39. The minimum absolute atomic E-state index is 0.274. The van der Waals surface area contributed by atoms with Crippen LogP contribution in [0.3, 0.4) is 0 Å². The van der Waals surface area contributed by atoms with E-state index in [0.29, 0.717) is 6.54 Å². The molecule has 6 heteroatoms. The van der Waals surface area contributed by atoms with Crippen molar-refractivity contribution in [2.24, 2.45) is 0 Å². The van der Waals surface area contributed by atoms with Crippen LogP contribution in [0.4, 0.5) is 0 Å². The van der Waals surface area contributed by atoms with Crippen LogP contribution >= 0.6 is 11.3 Å². The van der Waals surface area contributed by atoms with Crippen LogP contribution in [0.25, 0.3) is 10.7 Å². The van der Waals surface area contributed by atoms with Crippen LogP contribution in [-0.2, 0) is 16.0 Å². The van der Waals surface area contributed by atoms with Gasteiger partial charge in [0.15, 0.2) is 6.29 Å². The average Bonchev–Trinajstić information content (AvgIpc) is 2.96. The van der Waals surface area contributed by atoms with Gasteiger partial charge in [-0.15, -0.1) is 11.3 Å². The van der Waals surface area contributed by atoms with E-state index in [1.54, 1.807) is 36.4 Å². The summed E-state index contributed by atoms with van der Waals surface area (Å²) in [5.41, 5.74) is 0.876. The molecule has 0 aliphatic carbocycles. The molecule has 0 saturated heterocycles. The van der Waals surface area contributed by atoms with Crippen LogP contribution in [0.1, 0.15) is 0 Å². The monoisotopic (exact) mass is 239 g/mol. The molecule has 0 fully saturated rings. The topological polar surface area (TPSA) is 49.2 Å². The number of thiazole rings is 1. The molecular formula is C10H13N3O2S. The fraction of sp³-hybridized carbons (Fsp3) is 0.400. The van der Waals surface area contributed by atoms with E-state index in [0.717, 1.165) is 10.7 Å². The maximum absolute atomic E-state index is 5.11. The SMILES string of the molecule is COC(Cn1ccc(-c2nccs2)n1)OC. The molecule has 0 aromatic carbocycles. The van der Waals surface area contributed by atoms with Gasteiger partial charge in [-0.1, -0.05) is 0 Å². The number of rotatable bonds is 5. The van der Waals surface area contributed by atoms with Gasteiger partial charge in [0, 0.05) is 32.0 Å². The van der Waals surface area contributed by atoms with Crippen molar-refractivity contribution in [1.29, 1.82) is 0 Å². The number of aromatic nitrogens is 3. The summed E-state index contributed by atoms with van der Waals surface area (Å²) < 4.78 is 12.0. The smallest absolute Gasteiger partial charge is 0.176 e. The van der Waals surface area contributed by atoms with Crippen molar-refractivity contribution in [3.8, 4) is 10.7 Å². The Bertz CT molecular complexity index is 423. The van der Waals surface area contributed by atoms with Gasteiger partial charge in [-0.05, 0) is 6.07 Å². The Morgan fingerprint density at radius 2 is 2.25 bits per heavy atom. The predicted molar refractivity (Wildman–Crippen MR) is 61.1 cm³/mol. The zero-order valence-corrected chi connectivity index (χ0v) is 9.98. The zero-order chi connectivity index (χ0) is 11.4. The number of hydrogen-bond acceptors (Lipinski definition) is 5. The van der Waals surface area contributed by atoms with Crippen LogP contribution in [0, 0.1) is 0 Å². The van der Waals surface area contributed by atoms with E-state index in [2.05, 4.69) is 10.1 Å². The van der Waals surface area contributed by atoms with Gasteiger partial charge in [-0.25, -0.2) is 4.98 Å². The zero-order valence-electron chi connectivity index (χ0n) is 9.16. The summed E-state index contributed by atoms with van der Waals surface area (Å²) in [6, 6.07) is 1.93. The van der Waals surface area contributed by atoms with Crippen molar-refractivity contribution in [3.63, 3.8) is 0 Å². The van der Waals surface area contributed by atoms with Gasteiger partial charge >= 0.3 is 0 Å². The number of nitrogens with zero attached hydrogens (tertiary/aromatic N) is 3. The molecule has 2 aromatic rings. The molecule has 0 unspecified atom stereocenters. The van der Waals surface area contributed by atoms with E-state index in [1.807, 2.05) is 17.6 Å². The minimum Gasteiger partial charge on any atom is -0.354 e. The van der Waals surface area contributed by atoms with Crippen LogP contribution in [-0.4, -0.2) is 35.3 Å². The molecule has 0 radical (unpaired) electrons. The second-order valence-corrected chi connectivity index (χ2v) is 4.06. The Morgan fingerprint density at radius 3 is 2.88 bits per heavy atom. The first-order valence-electron chi connectivity index (χ1n) is 4.82. The van der Waals surface area contributed by atoms with Crippen molar-refractivity contribution >= 4 is 11.3 Å². The lowest BCUT2D eigenvalue weighted by Crippen LogP contribution is -2.20. The third kappa shape index (κ3) is 2.46. The van der Waals surface area contributed by atoms with E-state index >= 15 is 0 Å². The molecule has 16 heavy (non-hydrogen) atoms. The maximum atomic E-state index is 5.11. The predicted octanol–water partition coefficient (Wildman–Crippen LogP) is 1.63. The Labute approximate surface area is 97.6 Å². The maximum Gasteiger partial charge on any atom is 0.176 e. The molecule has 2 aromatic heterocycles. The molecular weight excluding hydrogens is 226 g/mol. The number of hydrogen-bond donors (Lipinski definition) is 0. The average molecular weight is 239 g/mol. The van der Waals surface area contributed by atoms with Crippen molar-refractivity contribution in [3.05, 3.63) is 23.8 Å². The molecule has 0 bridgehead atoms. The lowest BCUT2D eigenvalue weighted by atomic mass is 10.5. The molecule has 0 amide bonds. The standard InChI is InChI=1S/C10H13N3O2S/c1-14-9(15-2)7-13-5-3-8(12-13)10-11-4-6-16-10/h3-6,9H,7H2,1-2H3. The fourth-order valence-electron chi connectivity index (χ4n) is 1.33. The van der Waals surface area contributed by atoms with Crippen LogP contribution < -0.4 is 0 Å². The molecule has 0 aliphatic heterocycles. The van der Waals surface area contributed by atoms with Gasteiger partial charge in [0.1, 0.15) is 10.7 Å². The summed E-state index contributed by atoms with van der Waals surface area (Å²) in [4.78, 5) is 4.20. The van der Waals surface area contributed by atoms with Crippen LogP contribution in [0.5, 0.6) is 0 Å². The summed E-state index contributed by atoms with van der Waals surface area (Å²) >= 11 is 1.57. The molecule has 0 N–H and O–H groups in total. The van der Waals surface area contributed by atoms with E-state index in [9.17, 15) is 0 Å². The minimum atomic E-state index is -0.274. The summed E-state index contributed by atoms with van der Waals surface area (Å²) in [7, 11) is 3.22. The van der Waals surface area contributed by atoms with E-state index < -0.39 is 0 Å². The van der Waals surface area contributed by atoms with Crippen LogP contribution in [0.15, 0.2) is 23.8 Å². The lowest BCUT2D eigenvalue weighted by Gasteiger charge is -2.12. The van der Waals surface area contributed by atoms with Gasteiger partial charge in [0.2, 0.25) is 0 Å². The summed E-state index contributed by atoms with van der Waals surface area (Å²) in [5.74, 6) is 0. The second-order valence-electron chi connectivity index (χ2n) is 3.16. The first kappa shape index (κ1) is 11.3. The van der Waals surface area contributed by atoms with Crippen molar-refractivity contribution in [2.75, 3.05) is 14.2 Å².